The van der Waals surface area contributed by atoms with Crippen LogP contribution < -0.4 is 15.5 Å². The van der Waals surface area contributed by atoms with E-state index in [1.807, 2.05) is 95.9 Å². The van der Waals surface area contributed by atoms with Crippen molar-refractivity contribution in [2.75, 3.05) is 57.8 Å². The number of benzene rings is 5. The lowest BCUT2D eigenvalue weighted by molar-refractivity contribution is -0.119. The van der Waals surface area contributed by atoms with Crippen LogP contribution in [0, 0.1) is 5.92 Å². The quantitative estimate of drug-likeness (QED) is 0.0853. The smallest absolute Gasteiger partial charge is 0.252 e. The molecule has 3 amide bonds. The summed E-state index contributed by atoms with van der Waals surface area (Å²) in [5.41, 5.74) is 2.19. The number of carbonyl (C=O) groups is 3. The van der Waals surface area contributed by atoms with Gasteiger partial charge in [-0.1, -0.05) is 102 Å². The fraction of sp³-hybridized carbons (Fsp3) is 0.255. The fourth-order valence-electron chi connectivity index (χ4n) is 8.94. The zero-order valence-electron chi connectivity index (χ0n) is 40.9. The Morgan fingerprint density at radius 1 is 0.573 bits per heavy atom. The van der Waals surface area contributed by atoms with E-state index >= 15 is 0 Å². The number of nitrogens with zero attached hydrogens (tertiary/aromatic N) is 4. The number of carbonyl (C=O) groups excluding carboxylic acids is 3. The van der Waals surface area contributed by atoms with E-state index in [1.165, 1.54) is 8.61 Å². The third kappa shape index (κ3) is 13.6. The number of para-hydroxylation sites is 1. The van der Waals surface area contributed by atoms with Gasteiger partial charge in [-0.3, -0.25) is 19.3 Å². The Morgan fingerprint density at radius 3 is 1.40 bits per heavy atom. The van der Waals surface area contributed by atoms with Gasteiger partial charge in [0.05, 0.1) is 19.6 Å². The average molecular weight is 1130 g/mol. The molecule has 75 heavy (non-hydrogen) atoms. The molecule has 392 valence electrons. The zero-order chi connectivity index (χ0) is 53.2. The van der Waals surface area contributed by atoms with E-state index in [0.717, 1.165) is 49.2 Å². The van der Waals surface area contributed by atoms with E-state index in [9.17, 15) is 36.3 Å². The number of hydrogen-bond donors (Lipinski definition) is 3. The first-order valence-electron chi connectivity index (χ1n) is 24.1. The largest absolute Gasteiger partial charge is 0.380 e. The van der Waals surface area contributed by atoms with Gasteiger partial charge in [-0.05, 0) is 115 Å². The number of rotatable bonds is 16. The van der Waals surface area contributed by atoms with Crippen LogP contribution in [0.4, 0.5) is 5.69 Å². The summed E-state index contributed by atoms with van der Waals surface area (Å²) in [5.74, 6) is -0.694. The van der Waals surface area contributed by atoms with Crippen molar-refractivity contribution in [3.63, 3.8) is 0 Å². The minimum Gasteiger partial charge on any atom is -0.380 e. The molecule has 2 aromatic heterocycles. The summed E-state index contributed by atoms with van der Waals surface area (Å²) in [6.45, 7) is 2.89. The normalized spacial score (nSPS) is 15.1. The Balaban J connectivity index is 0.000000200. The first-order chi connectivity index (χ1) is 36.0. The number of nitrogens with one attached hydrogen (secondary N) is 2. The Hall–Kier alpha value is -5.77. The number of likely N-dealkylation sites (N-methyl/N-ethyl adjacent to an activating group) is 1. The van der Waals surface area contributed by atoms with Gasteiger partial charge in [0, 0.05) is 82.9 Å². The van der Waals surface area contributed by atoms with E-state index in [-0.39, 0.29) is 51.7 Å². The van der Waals surface area contributed by atoms with E-state index in [2.05, 4.69) is 10.6 Å². The molecule has 2 aliphatic heterocycles. The molecule has 0 bridgehead atoms. The van der Waals surface area contributed by atoms with Crippen molar-refractivity contribution in [1.29, 1.82) is 0 Å². The molecule has 5 aromatic carbocycles. The molecule has 0 saturated carbocycles. The molecule has 2 fully saturated rings. The summed E-state index contributed by atoms with van der Waals surface area (Å²) in [4.78, 5) is 42.4. The lowest BCUT2D eigenvalue weighted by atomic mass is 9.72. The van der Waals surface area contributed by atoms with Crippen molar-refractivity contribution in [2.24, 2.45) is 5.92 Å². The van der Waals surface area contributed by atoms with Gasteiger partial charge in [-0.15, -0.1) is 22.7 Å². The molecule has 2 saturated heterocycles. The van der Waals surface area contributed by atoms with Crippen molar-refractivity contribution in [1.82, 2.24) is 24.1 Å². The predicted octanol–water partition coefficient (Wildman–Crippen LogP) is 8.97. The van der Waals surface area contributed by atoms with Crippen LogP contribution in [-0.4, -0.2) is 106 Å². The zero-order valence-corrected chi connectivity index (χ0v) is 45.7. The molecule has 14 nitrogen and oxygen atoms in total. The molecule has 0 spiro atoms. The average Bonchev–Trinajstić information content (AvgIpc) is 4.15. The van der Waals surface area contributed by atoms with Gasteiger partial charge in [0.15, 0.2) is 0 Å². The fourth-order valence-corrected chi connectivity index (χ4v) is 15.0. The van der Waals surface area contributed by atoms with Crippen LogP contribution in [-0.2, 0) is 43.5 Å². The highest BCUT2D eigenvalue weighted by Crippen LogP contribution is 2.43. The first-order valence-corrected chi connectivity index (χ1v) is 29.4. The van der Waals surface area contributed by atoms with Crippen molar-refractivity contribution < 1.29 is 36.3 Å². The van der Waals surface area contributed by atoms with E-state index < -0.39 is 25.6 Å². The molecule has 20 heteroatoms. The molecule has 0 unspecified atom stereocenters. The Labute approximate surface area is 456 Å². The van der Waals surface area contributed by atoms with E-state index in [1.54, 1.807) is 84.7 Å². The second-order valence-electron chi connectivity index (χ2n) is 18.0. The van der Waals surface area contributed by atoms with Crippen molar-refractivity contribution in [3.05, 3.63) is 206 Å². The Kier molecular flexibility index (Phi) is 18.4. The summed E-state index contributed by atoms with van der Waals surface area (Å²) < 4.78 is 56.7. The minimum absolute atomic E-state index is 0.0407. The van der Waals surface area contributed by atoms with Crippen molar-refractivity contribution >= 4 is 89.3 Å². The first kappa shape index (κ1) is 55.5. The molecule has 0 atom stereocenters. The van der Waals surface area contributed by atoms with Crippen LogP contribution in [0.25, 0.3) is 0 Å². The summed E-state index contributed by atoms with van der Waals surface area (Å²) in [6.07, 6.45) is 1.05. The lowest BCUT2D eigenvalue weighted by Gasteiger charge is -2.41. The maximum atomic E-state index is 13.5. The predicted molar refractivity (Wildman–Crippen MR) is 296 cm³/mol. The second-order valence-corrected chi connectivity index (χ2v) is 25.5. The van der Waals surface area contributed by atoms with Crippen LogP contribution in [0.1, 0.15) is 54.4 Å². The van der Waals surface area contributed by atoms with Gasteiger partial charge in [-0.25, -0.2) is 16.8 Å². The van der Waals surface area contributed by atoms with Gasteiger partial charge in [0.1, 0.15) is 14.0 Å². The number of halogens is 2. The third-order valence-electron chi connectivity index (χ3n) is 13.2. The van der Waals surface area contributed by atoms with E-state index in [0.29, 0.717) is 73.3 Å². The molecular weight excluding hydrogens is 1070 g/mol. The maximum Gasteiger partial charge on any atom is 0.252 e. The molecule has 7 aromatic rings. The van der Waals surface area contributed by atoms with Gasteiger partial charge < -0.3 is 20.6 Å². The number of sulfonamides is 2. The highest BCUT2D eigenvalue weighted by molar-refractivity contribution is 7.91. The molecule has 4 heterocycles. The molecular formula is C55H56Cl2N6O8S4. The number of hydrogen-bond acceptors (Lipinski definition) is 11. The SMILES string of the molecule is CN(C(=O)CN1CCN(S(=O)(=O)c2ccc(CNC(=O)c3ccc(Cl)cc3)s2)CC1)c1ccccc1.O=C(NCc1ccc(S(=O)(=O)N2CCC(C(O)(c3ccccc3)c3ccccc3)CC2)s1)c1ccc(Cl)cc1. The maximum absolute atomic E-state index is 13.5. The Bertz CT molecular complexity index is 3220. The van der Waals surface area contributed by atoms with Gasteiger partial charge >= 0.3 is 0 Å². The summed E-state index contributed by atoms with van der Waals surface area (Å²) in [6, 6.07) is 48.4. The molecule has 3 N–H and O–H groups in total. The standard InChI is InChI=1S/C30H29ClN2O4S2.C25H27ClN4O4S2/c31-26-13-11-22(12-14-26)29(34)32-21-27-15-16-28(38-27)39(36,37)33-19-17-25(18-20-33)30(35,23-7-3-1-4-8-23)24-9-5-2-6-10-24;1-28(21-5-3-2-4-6-21)23(31)18-29-13-15-30(16-14-29)36(33,34)24-12-11-22(35-24)17-27-25(32)19-7-9-20(26)10-8-19/h1-16,25,35H,17-21H2,(H,32,34);2-12H,13-18H2,1H3,(H,27,32). The van der Waals surface area contributed by atoms with Crippen LogP contribution in [0.3, 0.4) is 0 Å². The summed E-state index contributed by atoms with van der Waals surface area (Å²) in [5, 5.41) is 18.8. The van der Waals surface area contributed by atoms with Gasteiger partial charge in [-0.2, -0.15) is 8.61 Å². The van der Waals surface area contributed by atoms with Crippen LogP contribution >= 0.6 is 45.9 Å². The van der Waals surface area contributed by atoms with Crippen LogP contribution in [0.15, 0.2) is 172 Å². The molecule has 0 radical (unpaired) electrons. The summed E-state index contributed by atoms with van der Waals surface area (Å²) >= 11 is 14.0. The molecule has 9 rings (SSSR count). The van der Waals surface area contributed by atoms with E-state index in [4.69, 9.17) is 23.2 Å². The molecule has 0 aliphatic carbocycles. The molecule has 2 aliphatic rings. The second kappa shape index (κ2) is 24.9. The van der Waals surface area contributed by atoms with Crippen LogP contribution in [0.2, 0.25) is 10.0 Å². The number of amides is 3. The number of piperazine rings is 1. The topological polar surface area (TPSA) is 177 Å². The number of anilines is 1. The number of thiophene rings is 2. The lowest BCUT2D eigenvalue weighted by Crippen LogP contribution is -2.51. The highest BCUT2D eigenvalue weighted by Gasteiger charge is 2.43. The Morgan fingerprint density at radius 2 is 0.973 bits per heavy atom. The van der Waals surface area contributed by atoms with Crippen molar-refractivity contribution in [2.45, 2.75) is 40.0 Å². The van der Waals surface area contributed by atoms with Crippen molar-refractivity contribution in [3.8, 4) is 0 Å². The number of aliphatic hydroxyl groups is 1. The highest BCUT2D eigenvalue weighted by atomic mass is 35.5. The number of piperidine rings is 1. The monoisotopic (exact) mass is 1130 g/mol. The van der Waals surface area contributed by atoms with Crippen LogP contribution in [0.5, 0.6) is 0 Å². The minimum atomic E-state index is -3.69. The van der Waals surface area contributed by atoms with Gasteiger partial charge in [0.2, 0.25) is 5.91 Å². The van der Waals surface area contributed by atoms with Gasteiger partial charge in [0.25, 0.3) is 31.9 Å². The third-order valence-corrected chi connectivity index (χ3v) is 20.6. The summed E-state index contributed by atoms with van der Waals surface area (Å²) in [7, 11) is -5.60.